The Morgan fingerprint density at radius 1 is 1.00 bits per heavy atom. The molecule has 0 N–H and O–H groups in total. The van der Waals surface area contributed by atoms with E-state index in [1.165, 1.54) is 28.0 Å². The van der Waals surface area contributed by atoms with E-state index in [1.54, 1.807) is 0 Å². The van der Waals surface area contributed by atoms with Gasteiger partial charge in [-0.15, -0.1) is 0 Å². The van der Waals surface area contributed by atoms with Gasteiger partial charge in [0.25, 0.3) is 0 Å². The molecule has 0 aliphatic heterocycles. The van der Waals surface area contributed by atoms with Gasteiger partial charge in [-0.05, 0) is 28.0 Å². The van der Waals surface area contributed by atoms with E-state index in [0.29, 0.717) is 0 Å². The highest BCUT2D eigenvalue weighted by Gasteiger charge is 2.16. The zero-order valence-electron chi connectivity index (χ0n) is 11.0. The van der Waals surface area contributed by atoms with Crippen molar-refractivity contribution in [1.29, 1.82) is 0 Å². The Hall–Kier alpha value is -1.34. The second kappa shape index (κ2) is 4.50. The van der Waals surface area contributed by atoms with Gasteiger partial charge < -0.3 is 0 Å². The summed E-state index contributed by atoms with van der Waals surface area (Å²) in [4.78, 5) is 0. The van der Waals surface area contributed by atoms with Crippen LogP contribution in [-0.2, 0) is 0 Å². The molecule has 0 heterocycles. The van der Waals surface area contributed by atoms with Gasteiger partial charge >= 0.3 is 0 Å². The van der Waals surface area contributed by atoms with E-state index >= 15 is 0 Å². The molecule has 0 aliphatic carbocycles. The van der Waals surface area contributed by atoms with Crippen molar-refractivity contribution in [2.24, 2.45) is 0 Å². The molecule has 0 amide bonds. The molecule has 0 saturated heterocycles. The van der Waals surface area contributed by atoms with Crippen LogP contribution in [0.3, 0.4) is 0 Å². The maximum atomic E-state index is 4.30. The fraction of sp³-hybridized carbons (Fsp3) is 0.250. The van der Waals surface area contributed by atoms with Crippen LogP contribution in [0.4, 0.5) is 0 Å². The zero-order chi connectivity index (χ0) is 12.5. The van der Waals surface area contributed by atoms with E-state index in [4.69, 9.17) is 0 Å². The predicted octanol–water partition coefficient (Wildman–Crippen LogP) is 5.19. The van der Waals surface area contributed by atoms with Crippen molar-refractivity contribution in [3.63, 3.8) is 0 Å². The summed E-state index contributed by atoms with van der Waals surface area (Å²) in [5, 5.41) is 2.64. The first-order valence-electron chi connectivity index (χ1n) is 6.13. The second-order valence-electron chi connectivity index (χ2n) is 5.87. The van der Waals surface area contributed by atoms with Gasteiger partial charge in [-0.3, -0.25) is 0 Å². The van der Waals surface area contributed by atoms with Crippen molar-refractivity contribution in [1.82, 2.24) is 0 Å². The van der Waals surface area contributed by atoms with E-state index in [9.17, 15) is 0 Å². The van der Waals surface area contributed by atoms with Crippen LogP contribution in [0.15, 0.2) is 49.0 Å². The lowest BCUT2D eigenvalue weighted by molar-refractivity contribution is 1.51. The highest BCUT2D eigenvalue weighted by molar-refractivity contribution is 6.77. The Morgan fingerprint density at radius 3 is 2.35 bits per heavy atom. The smallest absolute Gasteiger partial charge is 0.0487 e. The highest BCUT2D eigenvalue weighted by Crippen LogP contribution is 2.29. The molecule has 0 spiro atoms. The maximum Gasteiger partial charge on any atom is 0.0487 e. The molecule has 2 aromatic carbocycles. The lowest BCUT2D eigenvalue weighted by Gasteiger charge is -2.18. The summed E-state index contributed by atoms with van der Waals surface area (Å²) in [6.07, 6.45) is 0. The first-order chi connectivity index (χ1) is 7.97. The molecule has 0 saturated carbocycles. The molecule has 1 heteroatoms. The third kappa shape index (κ3) is 2.86. The van der Waals surface area contributed by atoms with E-state index in [2.05, 4.69) is 68.7 Å². The van der Waals surface area contributed by atoms with Crippen molar-refractivity contribution >= 4 is 24.4 Å². The predicted molar refractivity (Wildman–Crippen MR) is 81.1 cm³/mol. The van der Waals surface area contributed by atoms with Crippen LogP contribution in [0.2, 0.25) is 25.7 Å². The SMILES string of the molecule is C=C(C[Si](C)(C)C)c1cccc2ccccc12. The summed E-state index contributed by atoms with van der Waals surface area (Å²) in [6, 6.07) is 16.2. The third-order valence-electron chi connectivity index (χ3n) is 2.91. The molecule has 0 bridgehead atoms. The van der Waals surface area contributed by atoms with Gasteiger partial charge in [0.1, 0.15) is 0 Å². The van der Waals surface area contributed by atoms with Gasteiger partial charge in [0.15, 0.2) is 0 Å². The standard InChI is InChI=1S/C16H20Si/c1-13(12-17(2,3)4)15-11-7-9-14-8-5-6-10-16(14)15/h5-11H,1,12H2,2-4H3. The van der Waals surface area contributed by atoms with Crippen LogP contribution >= 0.6 is 0 Å². The number of hydrogen-bond acceptors (Lipinski definition) is 0. The Bertz CT molecular complexity index is 541. The fourth-order valence-electron chi connectivity index (χ4n) is 2.27. The Kier molecular flexibility index (Phi) is 3.21. The summed E-state index contributed by atoms with van der Waals surface area (Å²) < 4.78 is 0. The molecular formula is C16H20Si. The summed E-state index contributed by atoms with van der Waals surface area (Å²) in [5.74, 6) is 0. The summed E-state index contributed by atoms with van der Waals surface area (Å²) in [6.45, 7) is 11.5. The number of hydrogen-bond donors (Lipinski definition) is 0. The average Bonchev–Trinajstić information content (AvgIpc) is 2.26. The van der Waals surface area contributed by atoms with Crippen molar-refractivity contribution in [2.75, 3.05) is 0 Å². The molecule has 88 valence electrons. The molecule has 17 heavy (non-hydrogen) atoms. The van der Waals surface area contributed by atoms with Crippen LogP contribution in [-0.4, -0.2) is 8.07 Å². The molecule has 0 aliphatic rings. The minimum Gasteiger partial charge on any atom is -0.0955 e. The van der Waals surface area contributed by atoms with Crippen LogP contribution in [0.1, 0.15) is 5.56 Å². The maximum absolute atomic E-state index is 4.30. The molecule has 0 aromatic heterocycles. The Balaban J connectivity index is 2.45. The molecule has 0 fully saturated rings. The first-order valence-corrected chi connectivity index (χ1v) is 9.84. The van der Waals surface area contributed by atoms with Crippen LogP contribution < -0.4 is 0 Å². The van der Waals surface area contributed by atoms with Crippen molar-refractivity contribution < 1.29 is 0 Å². The molecule has 2 aromatic rings. The van der Waals surface area contributed by atoms with E-state index in [-0.39, 0.29) is 0 Å². The monoisotopic (exact) mass is 240 g/mol. The number of rotatable bonds is 3. The van der Waals surface area contributed by atoms with E-state index in [1.807, 2.05) is 0 Å². The second-order valence-corrected chi connectivity index (χ2v) is 11.3. The summed E-state index contributed by atoms with van der Waals surface area (Å²) in [5.41, 5.74) is 2.62. The average molecular weight is 240 g/mol. The van der Waals surface area contributed by atoms with Crippen molar-refractivity contribution in [3.8, 4) is 0 Å². The lowest BCUT2D eigenvalue weighted by atomic mass is 10.0. The minimum absolute atomic E-state index is 1.09. The number of fused-ring (bicyclic) bond motifs is 1. The Morgan fingerprint density at radius 2 is 1.65 bits per heavy atom. The first kappa shape index (κ1) is 12.1. The number of benzene rings is 2. The van der Waals surface area contributed by atoms with Crippen molar-refractivity contribution in [3.05, 3.63) is 54.6 Å². The third-order valence-corrected chi connectivity index (χ3v) is 4.40. The highest BCUT2D eigenvalue weighted by atomic mass is 28.3. The van der Waals surface area contributed by atoms with Crippen LogP contribution in [0.25, 0.3) is 16.3 Å². The molecule has 0 atom stereocenters. The topological polar surface area (TPSA) is 0 Å². The molecule has 0 radical (unpaired) electrons. The fourth-order valence-corrected chi connectivity index (χ4v) is 3.74. The summed E-state index contributed by atoms with van der Waals surface area (Å²) >= 11 is 0. The van der Waals surface area contributed by atoms with Gasteiger partial charge in [-0.1, -0.05) is 68.7 Å². The molecular weight excluding hydrogens is 220 g/mol. The van der Waals surface area contributed by atoms with E-state index in [0.717, 1.165) is 0 Å². The van der Waals surface area contributed by atoms with Crippen molar-refractivity contribution in [2.45, 2.75) is 25.7 Å². The van der Waals surface area contributed by atoms with E-state index < -0.39 is 8.07 Å². The van der Waals surface area contributed by atoms with Gasteiger partial charge in [-0.25, -0.2) is 0 Å². The lowest BCUT2D eigenvalue weighted by Crippen LogP contribution is -2.19. The zero-order valence-corrected chi connectivity index (χ0v) is 12.0. The van der Waals surface area contributed by atoms with Crippen LogP contribution in [0.5, 0.6) is 0 Å². The molecule has 2 rings (SSSR count). The van der Waals surface area contributed by atoms with Gasteiger partial charge in [-0.2, -0.15) is 0 Å². The van der Waals surface area contributed by atoms with Gasteiger partial charge in [0, 0.05) is 8.07 Å². The van der Waals surface area contributed by atoms with Gasteiger partial charge in [0.05, 0.1) is 0 Å². The Labute approximate surface area is 105 Å². The largest absolute Gasteiger partial charge is 0.0955 e. The molecule has 0 nitrogen and oxygen atoms in total. The summed E-state index contributed by atoms with van der Waals surface area (Å²) in [7, 11) is -1.09. The minimum atomic E-state index is -1.09. The number of allylic oxidation sites excluding steroid dienone is 1. The quantitative estimate of drug-likeness (QED) is 0.648. The van der Waals surface area contributed by atoms with Crippen LogP contribution in [0, 0.1) is 0 Å². The normalized spacial score (nSPS) is 11.7. The van der Waals surface area contributed by atoms with Gasteiger partial charge in [0.2, 0.25) is 0 Å². The molecule has 0 unspecified atom stereocenters.